The Morgan fingerprint density at radius 2 is 2.05 bits per heavy atom. The molecule has 3 heteroatoms. The molecule has 2 aliphatic carbocycles. The van der Waals surface area contributed by atoms with Gasteiger partial charge in [0.15, 0.2) is 11.9 Å². The standard InChI is InChI=1S/C19H30O3/c1-4-5-6-7-11-17(20)22-16-13-19(3)12-9-8-10-15(19)14(2)18(16)21/h16H,4-13H2,1-3H3. The number of Topliss-reactive ketones (excluding diaryl/α,β-unsaturated/α-hetero) is 1. The summed E-state index contributed by atoms with van der Waals surface area (Å²) in [5.41, 5.74) is 2.24. The Morgan fingerprint density at radius 3 is 2.77 bits per heavy atom. The van der Waals surface area contributed by atoms with Gasteiger partial charge in [-0.2, -0.15) is 0 Å². The molecule has 0 aromatic carbocycles. The average molecular weight is 306 g/mol. The second-order valence-electron chi connectivity index (χ2n) is 7.23. The molecule has 3 nitrogen and oxygen atoms in total. The first kappa shape index (κ1) is 17.2. The largest absolute Gasteiger partial charge is 0.454 e. The first-order valence-corrected chi connectivity index (χ1v) is 8.92. The summed E-state index contributed by atoms with van der Waals surface area (Å²) < 4.78 is 5.55. The third-order valence-corrected chi connectivity index (χ3v) is 5.39. The molecule has 0 amide bonds. The Hall–Kier alpha value is -1.12. The Kier molecular flexibility index (Phi) is 5.82. The van der Waals surface area contributed by atoms with Crippen LogP contribution in [0, 0.1) is 5.41 Å². The molecule has 1 saturated carbocycles. The molecule has 2 atom stereocenters. The summed E-state index contributed by atoms with van der Waals surface area (Å²) in [7, 11) is 0. The van der Waals surface area contributed by atoms with Gasteiger partial charge >= 0.3 is 5.97 Å². The topological polar surface area (TPSA) is 43.4 Å². The van der Waals surface area contributed by atoms with Crippen molar-refractivity contribution in [1.82, 2.24) is 0 Å². The number of hydrogen-bond acceptors (Lipinski definition) is 3. The summed E-state index contributed by atoms with van der Waals surface area (Å²) in [5.74, 6) is -0.165. The van der Waals surface area contributed by atoms with Gasteiger partial charge in [0.1, 0.15) is 0 Å². The van der Waals surface area contributed by atoms with Gasteiger partial charge in [-0.1, -0.05) is 45.1 Å². The van der Waals surface area contributed by atoms with Crippen molar-refractivity contribution in [2.75, 3.05) is 0 Å². The van der Waals surface area contributed by atoms with Crippen molar-refractivity contribution in [1.29, 1.82) is 0 Å². The molecule has 0 saturated heterocycles. The van der Waals surface area contributed by atoms with Crippen molar-refractivity contribution in [3.63, 3.8) is 0 Å². The number of allylic oxidation sites excluding steroid dienone is 1. The molecule has 124 valence electrons. The lowest BCUT2D eigenvalue weighted by atomic mass is 9.63. The zero-order chi connectivity index (χ0) is 16.2. The van der Waals surface area contributed by atoms with Crippen LogP contribution in [0.25, 0.3) is 0 Å². The van der Waals surface area contributed by atoms with Gasteiger partial charge in [0, 0.05) is 12.8 Å². The van der Waals surface area contributed by atoms with E-state index in [-0.39, 0.29) is 17.2 Å². The molecule has 0 N–H and O–H groups in total. The van der Waals surface area contributed by atoms with Crippen LogP contribution >= 0.6 is 0 Å². The third kappa shape index (κ3) is 3.80. The fourth-order valence-corrected chi connectivity index (χ4v) is 4.04. The van der Waals surface area contributed by atoms with Gasteiger partial charge in [-0.15, -0.1) is 0 Å². The first-order valence-electron chi connectivity index (χ1n) is 8.92. The highest BCUT2D eigenvalue weighted by molar-refractivity contribution is 6.01. The molecule has 2 rings (SSSR count). The van der Waals surface area contributed by atoms with E-state index in [9.17, 15) is 9.59 Å². The van der Waals surface area contributed by atoms with Crippen LogP contribution < -0.4 is 0 Å². The number of carbonyl (C=O) groups excluding carboxylic acids is 2. The van der Waals surface area contributed by atoms with Crippen LogP contribution in [0.5, 0.6) is 0 Å². The number of unbranched alkanes of at least 4 members (excludes halogenated alkanes) is 3. The molecule has 0 aromatic rings. The average Bonchev–Trinajstić information content (AvgIpc) is 2.49. The SMILES string of the molecule is CCCCCCC(=O)OC1CC2(C)CCCCC2=C(C)C1=O. The number of carbonyl (C=O) groups is 2. The number of ether oxygens (including phenoxy) is 1. The summed E-state index contributed by atoms with van der Waals surface area (Å²) in [4.78, 5) is 24.5. The monoisotopic (exact) mass is 306 g/mol. The Morgan fingerprint density at radius 1 is 1.27 bits per heavy atom. The van der Waals surface area contributed by atoms with E-state index in [1.54, 1.807) is 0 Å². The van der Waals surface area contributed by atoms with E-state index in [4.69, 9.17) is 4.74 Å². The van der Waals surface area contributed by atoms with Crippen molar-refractivity contribution < 1.29 is 14.3 Å². The van der Waals surface area contributed by atoms with E-state index >= 15 is 0 Å². The van der Waals surface area contributed by atoms with Gasteiger partial charge in [0.05, 0.1) is 0 Å². The van der Waals surface area contributed by atoms with Gasteiger partial charge in [-0.25, -0.2) is 0 Å². The number of hydrogen-bond donors (Lipinski definition) is 0. The molecule has 0 heterocycles. The highest BCUT2D eigenvalue weighted by Gasteiger charge is 2.44. The first-order chi connectivity index (χ1) is 10.5. The Labute approximate surface area is 134 Å². The number of ketones is 1. The van der Waals surface area contributed by atoms with Crippen LogP contribution in [0.2, 0.25) is 0 Å². The summed E-state index contributed by atoms with van der Waals surface area (Å²) in [6, 6.07) is 0. The van der Waals surface area contributed by atoms with Crippen LogP contribution in [-0.4, -0.2) is 17.9 Å². The zero-order valence-corrected chi connectivity index (χ0v) is 14.4. The van der Waals surface area contributed by atoms with Crippen molar-refractivity contribution in [3.8, 4) is 0 Å². The van der Waals surface area contributed by atoms with Crippen molar-refractivity contribution in [3.05, 3.63) is 11.1 Å². The van der Waals surface area contributed by atoms with Crippen LogP contribution in [0.3, 0.4) is 0 Å². The molecule has 0 bridgehead atoms. The Bertz CT molecular complexity index is 463. The molecular formula is C19H30O3. The molecule has 2 aliphatic rings. The van der Waals surface area contributed by atoms with E-state index in [1.165, 1.54) is 18.4 Å². The number of rotatable bonds is 6. The normalized spacial score (nSPS) is 28.5. The molecular weight excluding hydrogens is 276 g/mol. The Balaban J connectivity index is 1.96. The highest BCUT2D eigenvalue weighted by atomic mass is 16.5. The third-order valence-electron chi connectivity index (χ3n) is 5.39. The molecule has 0 aliphatic heterocycles. The minimum Gasteiger partial charge on any atom is -0.454 e. The van der Waals surface area contributed by atoms with Crippen LogP contribution in [-0.2, 0) is 14.3 Å². The molecule has 0 spiro atoms. The van der Waals surface area contributed by atoms with Gasteiger partial charge in [0.25, 0.3) is 0 Å². The number of esters is 1. The van der Waals surface area contributed by atoms with Gasteiger partial charge < -0.3 is 4.74 Å². The summed E-state index contributed by atoms with van der Waals surface area (Å²) in [5, 5.41) is 0. The fraction of sp³-hybridized carbons (Fsp3) is 0.789. The minimum absolute atomic E-state index is 0.0382. The maximum Gasteiger partial charge on any atom is 0.306 e. The van der Waals surface area contributed by atoms with E-state index in [2.05, 4.69) is 13.8 Å². The lowest BCUT2D eigenvalue weighted by Gasteiger charge is -2.43. The van der Waals surface area contributed by atoms with E-state index in [0.717, 1.165) is 44.1 Å². The molecule has 0 radical (unpaired) electrons. The molecule has 1 fully saturated rings. The fourth-order valence-electron chi connectivity index (χ4n) is 4.04. The lowest BCUT2D eigenvalue weighted by molar-refractivity contribution is -0.156. The quantitative estimate of drug-likeness (QED) is 0.526. The minimum atomic E-state index is -0.550. The van der Waals surface area contributed by atoms with E-state index in [1.807, 2.05) is 6.92 Å². The van der Waals surface area contributed by atoms with E-state index < -0.39 is 6.10 Å². The maximum atomic E-state index is 12.5. The predicted octanol–water partition coefficient (Wildman–Crippen LogP) is 4.74. The summed E-state index contributed by atoms with van der Waals surface area (Å²) in [6.07, 6.45) is 9.33. The molecule has 0 aromatic heterocycles. The van der Waals surface area contributed by atoms with Crippen LogP contribution in [0.4, 0.5) is 0 Å². The second kappa shape index (κ2) is 7.43. The molecule has 2 unspecified atom stereocenters. The van der Waals surface area contributed by atoms with Gasteiger partial charge in [0.2, 0.25) is 0 Å². The van der Waals surface area contributed by atoms with Gasteiger partial charge in [-0.05, 0) is 43.6 Å². The number of fused-ring (bicyclic) bond motifs is 1. The van der Waals surface area contributed by atoms with Crippen LogP contribution in [0.1, 0.15) is 85.0 Å². The molecule has 22 heavy (non-hydrogen) atoms. The second-order valence-corrected chi connectivity index (χ2v) is 7.23. The summed E-state index contributed by atoms with van der Waals surface area (Å²) in [6.45, 7) is 6.30. The predicted molar refractivity (Wildman–Crippen MR) is 87.5 cm³/mol. The summed E-state index contributed by atoms with van der Waals surface area (Å²) >= 11 is 0. The van der Waals surface area contributed by atoms with Crippen molar-refractivity contribution in [2.24, 2.45) is 5.41 Å². The zero-order valence-electron chi connectivity index (χ0n) is 14.4. The lowest BCUT2D eigenvalue weighted by Crippen LogP contribution is -2.41. The van der Waals surface area contributed by atoms with Crippen LogP contribution in [0.15, 0.2) is 11.1 Å². The highest BCUT2D eigenvalue weighted by Crippen LogP contribution is 2.49. The van der Waals surface area contributed by atoms with Gasteiger partial charge in [-0.3, -0.25) is 9.59 Å². The van der Waals surface area contributed by atoms with Crippen molar-refractivity contribution in [2.45, 2.75) is 91.1 Å². The van der Waals surface area contributed by atoms with Crippen molar-refractivity contribution >= 4 is 11.8 Å². The van der Waals surface area contributed by atoms with E-state index in [0.29, 0.717) is 12.8 Å². The smallest absolute Gasteiger partial charge is 0.306 e. The maximum absolute atomic E-state index is 12.5.